The van der Waals surface area contributed by atoms with Crippen LogP contribution in [0.3, 0.4) is 0 Å². The van der Waals surface area contributed by atoms with Crippen LogP contribution in [0.25, 0.3) is 0 Å². The number of carbonyl (C=O) groups is 1. The maximum absolute atomic E-state index is 12.8. The first kappa shape index (κ1) is 13.5. The van der Waals surface area contributed by atoms with Crippen LogP contribution in [-0.2, 0) is 12.8 Å². The monoisotopic (exact) mass is 287 g/mol. The Morgan fingerprint density at radius 2 is 2.16 bits per heavy atom. The predicted molar refractivity (Wildman–Crippen MR) is 63.3 cm³/mol. The van der Waals surface area contributed by atoms with Crippen molar-refractivity contribution in [1.29, 1.82) is 0 Å². The average Bonchev–Trinajstić information content (AvgIpc) is 2.88. The summed E-state index contributed by atoms with van der Waals surface area (Å²) in [6.07, 6.45) is -2.68. The van der Waals surface area contributed by atoms with Crippen molar-refractivity contribution < 1.29 is 22.7 Å². The Labute approximate surface area is 110 Å². The fraction of sp³-hybridized carbons (Fsp3) is 0.167. The fourth-order valence-electron chi connectivity index (χ4n) is 1.43. The Balaban J connectivity index is 2.26. The predicted octanol–water partition coefficient (Wildman–Crippen LogP) is 3.55. The lowest BCUT2D eigenvalue weighted by molar-refractivity contribution is -0.139. The molecule has 0 saturated carbocycles. The number of alkyl halides is 3. The molecule has 7 heteroatoms. The van der Waals surface area contributed by atoms with E-state index in [1.54, 1.807) is 5.51 Å². The van der Waals surface area contributed by atoms with Crippen LogP contribution in [0.2, 0.25) is 0 Å². The second-order valence-corrected chi connectivity index (χ2v) is 4.60. The van der Waals surface area contributed by atoms with E-state index in [1.165, 1.54) is 23.6 Å². The average molecular weight is 287 g/mol. The number of rotatable bonds is 4. The SMILES string of the molecule is O=Cc1ccc(OCc2cncs2)c(C(F)(F)F)c1. The number of aromatic nitrogens is 1. The van der Waals surface area contributed by atoms with Gasteiger partial charge in [-0.25, -0.2) is 0 Å². The van der Waals surface area contributed by atoms with E-state index in [9.17, 15) is 18.0 Å². The molecule has 2 rings (SSSR count). The Morgan fingerprint density at radius 1 is 1.37 bits per heavy atom. The summed E-state index contributed by atoms with van der Waals surface area (Å²) in [5.41, 5.74) is 0.567. The maximum atomic E-state index is 12.8. The van der Waals surface area contributed by atoms with Crippen LogP contribution in [0.5, 0.6) is 5.75 Å². The van der Waals surface area contributed by atoms with E-state index < -0.39 is 11.7 Å². The molecule has 100 valence electrons. The smallest absolute Gasteiger partial charge is 0.419 e. The van der Waals surface area contributed by atoms with E-state index in [2.05, 4.69) is 4.98 Å². The van der Waals surface area contributed by atoms with Gasteiger partial charge in [-0.2, -0.15) is 13.2 Å². The highest BCUT2D eigenvalue weighted by Gasteiger charge is 2.34. The molecule has 0 radical (unpaired) electrons. The molecule has 0 unspecified atom stereocenters. The molecule has 19 heavy (non-hydrogen) atoms. The van der Waals surface area contributed by atoms with Gasteiger partial charge in [-0.3, -0.25) is 9.78 Å². The van der Waals surface area contributed by atoms with Crippen LogP contribution in [0.1, 0.15) is 20.8 Å². The van der Waals surface area contributed by atoms with Crippen molar-refractivity contribution in [2.75, 3.05) is 0 Å². The zero-order valence-corrected chi connectivity index (χ0v) is 10.3. The molecule has 0 aliphatic rings. The molecule has 0 atom stereocenters. The van der Waals surface area contributed by atoms with Crippen molar-refractivity contribution in [3.8, 4) is 5.75 Å². The second kappa shape index (κ2) is 5.40. The quantitative estimate of drug-likeness (QED) is 0.807. The topological polar surface area (TPSA) is 39.2 Å². The number of hydrogen-bond donors (Lipinski definition) is 0. The van der Waals surface area contributed by atoms with E-state index >= 15 is 0 Å². The highest BCUT2D eigenvalue weighted by atomic mass is 32.1. The van der Waals surface area contributed by atoms with Gasteiger partial charge in [-0.1, -0.05) is 0 Å². The summed E-state index contributed by atoms with van der Waals surface area (Å²) >= 11 is 1.29. The molecular weight excluding hydrogens is 279 g/mol. The van der Waals surface area contributed by atoms with Crippen molar-refractivity contribution in [1.82, 2.24) is 4.98 Å². The molecule has 0 amide bonds. The molecule has 0 aliphatic carbocycles. The van der Waals surface area contributed by atoms with Crippen molar-refractivity contribution >= 4 is 17.6 Å². The maximum Gasteiger partial charge on any atom is 0.419 e. The number of aldehydes is 1. The van der Waals surface area contributed by atoms with Gasteiger partial charge in [-0.05, 0) is 18.2 Å². The lowest BCUT2D eigenvalue weighted by Gasteiger charge is -2.13. The number of carbonyl (C=O) groups excluding carboxylic acids is 1. The standard InChI is InChI=1S/C12H8F3NO2S/c13-12(14,15)10-3-8(5-17)1-2-11(10)18-6-9-4-16-7-19-9/h1-5,7H,6H2. The fourth-order valence-corrected chi connectivity index (χ4v) is 1.94. The Kier molecular flexibility index (Phi) is 3.84. The van der Waals surface area contributed by atoms with Gasteiger partial charge in [0.25, 0.3) is 0 Å². The molecule has 1 heterocycles. The van der Waals surface area contributed by atoms with Gasteiger partial charge < -0.3 is 4.74 Å². The number of nitrogens with zero attached hydrogens (tertiary/aromatic N) is 1. The summed E-state index contributed by atoms with van der Waals surface area (Å²) in [6.45, 7) is 0.00812. The number of thiazole rings is 1. The third-order valence-electron chi connectivity index (χ3n) is 2.30. The van der Waals surface area contributed by atoms with E-state index in [0.717, 1.165) is 12.1 Å². The normalized spacial score (nSPS) is 11.3. The van der Waals surface area contributed by atoms with Crippen LogP contribution in [0.15, 0.2) is 29.9 Å². The zero-order valence-electron chi connectivity index (χ0n) is 9.48. The molecule has 1 aromatic heterocycles. The molecule has 3 nitrogen and oxygen atoms in total. The third kappa shape index (κ3) is 3.31. The molecule has 0 spiro atoms. The molecule has 0 fully saturated rings. The van der Waals surface area contributed by atoms with Crippen molar-refractivity contribution in [3.05, 3.63) is 45.9 Å². The van der Waals surface area contributed by atoms with Crippen LogP contribution in [0, 0.1) is 0 Å². The Hall–Kier alpha value is -1.89. The highest BCUT2D eigenvalue weighted by molar-refractivity contribution is 7.09. The first-order valence-corrected chi connectivity index (χ1v) is 6.05. The van der Waals surface area contributed by atoms with E-state index in [-0.39, 0.29) is 17.9 Å². The second-order valence-electron chi connectivity index (χ2n) is 3.63. The zero-order chi connectivity index (χ0) is 13.9. The van der Waals surface area contributed by atoms with Gasteiger partial charge in [0.1, 0.15) is 18.6 Å². The van der Waals surface area contributed by atoms with Gasteiger partial charge in [0.05, 0.1) is 16.0 Å². The number of benzene rings is 1. The molecule has 1 aromatic carbocycles. The number of halogens is 3. The van der Waals surface area contributed by atoms with Gasteiger partial charge >= 0.3 is 6.18 Å². The first-order valence-electron chi connectivity index (χ1n) is 5.17. The Bertz CT molecular complexity index is 567. The first-order chi connectivity index (χ1) is 9.00. The third-order valence-corrected chi connectivity index (χ3v) is 3.05. The summed E-state index contributed by atoms with van der Waals surface area (Å²) < 4.78 is 43.6. The highest BCUT2D eigenvalue weighted by Crippen LogP contribution is 2.37. The van der Waals surface area contributed by atoms with Gasteiger partial charge in [0.2, 0.25) is 0 Å². The summed E-state index contributed by atoms with van der Waals surface area (Å²) in [4.78, 5) is 15.0. The van der Waals surface area contributed by atoms with Gasteiger partial charge in [0, 0.05) is 11.8 Å². The van der Waals surface area contributed by atoms with Crippen molar-refractivity contribution in [2.45, 2.75) is 12.8 Å². The van der Waals surface area contributed by atoms with Crippen molar-refractivity contribution in [2.24, 2.45) is 0 Å². The summed E-state index contributed by atoms with van der Waals surface area (Å²) in [5, 5.41) is 0. The summed E-state index contributed by atoms with van der Waals surface area (Å²) in [5.74, 6) is -0.300. The minimum Gasteiger partial charge on any atom is -0.487 e. The molecular formula is C12H8F3NO2S. The van der Waals surface area contributed by atoms with Crippen molar-refractivity contribution in [3.63, 3.8) is 0 Å². The number of ether oxygens (including phenoxy) is 1. The summed E-state index contributed by atoms with van der Waals surface area (Å²) in [6, 6.07) is 3.20. The largest absolute Gasteiger partial charge is 0.487 e. The van der Waals surface area contributed by atoms with Crippen LogP contribution >= 0.6 is 11.3 Å². The molecule has 0 bridgehead atoms. The van der Waals surface area contributed by atoms with E-state index in [4.69, 9.17) is 4.74 Å². The van der Waals surface area contributed by atoms with Crippen LogP contribution in [0.4, 0.5) is 13.2 Å². The van der Waals surface area contributed by atoms with Gasteiger partial charge in [0.15, 0.2) is 0 Å². The minimum atomic E-state index is -4.57. The Morgan fingerprint density at radius 3 is 2.74 bits per heavy atom. The lowest BCUT2D eigenvalue weighted by atomic mass is 10.1. The van der Waals surface area contributed by atoms with Crippen LogP contribution in [-0.4, -0.2) is 11.3 Å². The van der Waals surface area contributed by atoms with E-state index in [0.29, 0.717) is 11.2 Å². The number of hydrogen-bond acceptors (Lipinski definition) is 4. The van der Waals surface area contributed by atoms with Crippen LogP contribution < -0.4 is 4.74 Å². The molecule has 2 aromatic rings. The lowest BCUT2D eigenvalue weighted by Crippen LogP contribution is -2.09. The molecule has 0 aliphatic heterocycles. The molecule has 0 saturated heterocycles. The van der Waals surface area contributed by atoms with Gasteiger partial charge in [-0.15, -0.1) is 11.3 Å². The molecule has 0 N–H and O–H groups in total. The minimum absolute atomic E-state index is 0.00812. The summed E-state index contributed by atoms with van der Waals surface area (Å²) in [7, 11) is 0. The van der Waals surface area contributed by atoms with E-state index in [1.807, 2.05) is 0 Å².